The van der Waals surface area contributed by atoms with E-state index < -0.39 is 0 Å². The SMILES string of the molecule is CN=C(NCCNC(=O)C(C)C)N1CCN(Cc2cc(OC)c(OC)c(OC)c2)CC1. The molecule has 31 heavy (non-hydrogen) atoms. The zero-order chi connectivity index (χ0) is 22.8. The molecule has 1 aromatic rings. The van der Waals surface area contributed by atoms with Crippen LogP contribution in [0.1, 0.15) is 19.4 Å². The number of hydrogen-bond donors (Lipinski definition) is 2. The van der Waals surface area contributed by atoms with Gasteiger partial charge in [0.15, 0.2) is 17.5 Å². The predicted octanol–water partition coefficient (Wildman–Crippen LogP) is 1.18. The van der Waals surface area contributed by atoms with Crippen LogP contribution in [-0.2, 0) is 11.3 Å². The second-order valence-electron chi connectivity index (χ2n) is 7.72. The molecule has 1 fully saturated rings. The summed E-state index contributed by atoms with van der Waals surface area (Å²) >= 11 is 0. The minimum atomic E-state index is -0.00183. The third kappa shape index (κ3) is 6.92. The molecular weight excluding hydrogens is 398 g/mol. The average Bonchev–Trinajstić information content (AvgIpc) is 2.78. The number of carbonyl (C=O) groups excluding carboxylic acids is 1. The van der Waals surface area contributed by atoms with Gasteiger partial charge < -0.3 is 29.7 Å². The van der Waals surface area contributed by atoms with Crippen molar-refractivity contribution >= 4 is 11.9 Å². The summed E-state index contributed by atoms with van der Waals surface area (Å²) in [5.41, 5.74) is 1.12. The number of guanidine groups is 1. The largest absolute Gasteiger partial charge is 0.493 e. The van der Waals surface area contributed by atoms with Gasteiger partial charge >= 0.3 is 0 Å². The summed E-state index contributed by atoms with van der Waals surface area (Å²) in [5, 5.41) is 6.25. The molecule has 9 nitrogen and oxygen atoms in total. The van der Waals surface area contributed by atoms with Crippen LogP contribution in [0.2, 0.25) is 0 Å². The van der Waals surface area contributed by atoms with Gasteiger partial charge in [0, 0.05) is 58.8 Å². The first kappa shape index (κ1) is 24.6. The van der Waals surface area contributed by atoms with Crippen LogP contribution in [0.4, 0.5) is 0 Å². The zero-order valence-corrected chi connectivity index (χ0v) is 19.7. The molecule has 9 heteroatoms. The van der Waals surface area contributed by atoms with Gasteiger partial charge in [-0.3, -0.25) is 14.7 Å². The van der Waals surface area contributed by atoms with E-state index in [0.29, 0.717) is 30.3 Å². The first-order valence-electron chi connectivity index (χ1n) is 10.7. The van der Waals surface area contributed by atoms with E-state index in [-0.39, 0.29) is 11.8 Å². The minimum Gasteiger partial charge on any atom is -0.493 e. The Morgan fingerprint density at radius 1 is 1.00 bits per heavy atom. The van der Waals surface area contributed by atoms with Crippen molar-refractivity contribution in [2.45, 2.75) is 20.4 Å². The first-order valence-corrected chi connectivity index (χ1v) is 10.7. The van der Waals surface area contributed by atoms with Gasteiger partial charge in [0.25, 0.3) is 0 Å². The van der Waals surface area contributed by atoms with Crippen LogP contribution in [0.15, 0.2) is 17.1 Å². The van der Waals surface area contributed by atoms with E-state index >= 15 is 0 Å². The monoisotopic (exact) mass is 435 g/mol. The summed E-state index contributed by atoms with van der Waals surface area (Å²) in [4.78, 5) is 20.7. The number of amides is 1. The number of piperazine rings is 1. The molecule has 2 rings (SSSR count). The van der Waals surface area contributed by atoms with Crippen molar-refractivity contribution in [3.63, 3.8) is 0 Å². The summed E-state index contributed by atoms with van der Waals surface area (Å²) in [7, 11) is 6.66. The maximum atomic E-state index is 11.7. The van der Waals surface area contributed by atoms with E-state index in [0.717, 1.165) is 44.2 Å². The summed E-state index contributed by atoms with van der Waals surface area (Å²) < 4.78 is 16.3. The van der Waals surface area contributed by atoms with Crippen LogP contribution >= 0.6 is 0 Å². The Hall–Kier alpha value is -2.68. The van der Waals surface area contributed by atoms with Crippen molar-refractivity contribution in [2.75, 3.05) is 67.6 Å². The molecule has 0 bridgehead atoms. The molecule has 0 aliphatic carbocycles. The van der Waals surface area contributed by atoms with E-state index in [2.05, 4.69) is 25.4 Å². The smallest absolute Gasteiger partial charge is 0.222 e. The van der Waals surface area contributed by atoms with Crippen molar-refractivity contribution in [1.29, 1.82) is 0 Å². The van der Waals surface area contributed by atoms with Crippen molar-refractivity contribution in [3.05, 3.63) is 17.7 Å². The molecule has 1 heterocycles. The molecule has 1 saturated heterocycles. The molecule has 0 saturated carbocycles. The molecule has 1 aliphatic heterocycles. The topological polar surface area (TPSA) is 87.7 Å². The molecular formula is C22H37N5O4. The second kappa shape index (κ2) is 12.2. The van der Waals surface area contributed by atoms with Gasteiger partial charge in [0.1, 0.15) is 0 Å². The Morgan fingerprint density at radius 2 is 1.58 bits per heavy atom. The number of benzene rings is 1. The molecule has 0 unspecified atom stereocenters. The molecule has 0 radical (unpaired) electrons. The van der Waals surface area contributed by atoms with E-state index in [1.54, 1.807) is 28.4 Å². The number of methoxy groups -OCH3 is 3. The van der Waals surface area contributed by atoms with E-state index in [1.807, 2.05) is 26.0 Å². The summed E-state index contributed by atoms with van der Waals surface area (Å²) in [6.07, 6.45) is 0. The maximum Gasteiger partial charge on any atom is 0.222 e. The maximum absolute atomic E-state index is 11.7. The number of carbonyl (C=O) groups is 1. The standard InChI is InChI=1S/C22H37N5O4/c1-16(2)21(28)24-7-8-25-22(23-3)27-11-9-26(10-12-27)15-17-13-18(29-4)20(31-6)19(14-17)30-5/h13-14,16H,7-12,15H2,1-6H3,(H,23,25)(H,24,28). The van der Waals surface area contributed by atoms with Crippen LogP contribution in [0.5, 0.6) is 17.2 Å². The normalized spacial score (nSPS) is 15.1. The Kier molecular flexibility index (Phi) is 9.71. The van der Waals surface area contributed by atoms with Crippen molar-refractivity contribution in [1.82, 2.24) is 20.4 Å². The Morgan fingerprint density at radius 3 is 2.06 bits per heavy atom. The van der Waals surface area contributed by atoms with Crippen molar-refractivity contribution in [2.24, 2.45) is 10.9 Å². The number of nitrogens with one attached hydrogen (secondary N) is 2. The predicted molar refractivity (Wildman–Crippen MR) is 122 cm³/mol. The number of ether oxygens (including phenoxy) is 3. The van der Waals surface area contributed by atoms with Gasteiger partial charge in [-0.25, -0.2) is 0 Å². The fourth-order valence-corrected chi connectivity index (χ4v) is 3.50. The Balaban J connectivity index is 1.86. The first-order chi connectivity index (χ1) is 14.9. The van der Waals surface area contributed by atoms with Gasteiger partial charge in [-0.1, -0.05) is 13.8 Å². The minimum absolute atomic E-state index is 0.00183. The fourth-order valence-electron chi connectivity index (χ4n) is 3.50. The van der Waals surface area contributed by atoms with Crippen LogP contribution in [0, 0.1) is 5.92 Å². The zero-order valence-electron chi connectivity index (χ0n) is 19.7. The van der Waals surface area contributed by atoms with Gasteiger partial charge in [-0.05, 0) is 17.7 Å². The fraction of sp³-hybridized carbons (Fsp3) is 0.636. The lowest BCUT2D eigenvalue weighted by atomic mass is 10.1. The second-order valence-corrected chi connectivity index (χ2v) is 7.72. The third-order valence-electron chi connectivity index (χ3n) is 5.25. The highest BCUT2D eigenvalue weighted by molar-refractivity contribution is 5.80. The lowest BCUT2D eigenvalue weighted by Crippen LogP contribution is -2.53. The molecule has 0 atom stereocenters. The molecule has 0 aromatic heterocycles. The van der Waals surface area contributed by atoms with Crippen LogP contribution < -0.4 is 24.8 Å². The van der Waals surface area contributed by atoms with Crippen molar-refractivity contribution in [3.8, 4) is 17.2 Å². The molecule has 174 valence electrons. The molecule has 1 aliphatic rings. The number of nitrogens with zero attached hydrogens (tertiary/aromatic N) is 3. The van der Waals surface area contributed by atoms with E-state index in [1.165, 1.54) is 0 Å². The van der Waals surface area contributed by atoms with Gasteiger partial charge in [-0.2, -0.15) is 0 Å². The number of aliphatic imine (C=N–C) groups is 1. The number of hydrogen-bond acceptors (Lipinski definition) is 6. The van der Waals surface area contributed by atoms with Gasteiger partial charge in [-0.15, -0.1) is 0 Å². The highest BCUT2D eigenvalue weighted by atomic mass is 16.5. The lowest BCUT2D eigenvalue weighted by Gasteiger charge is -2.36. The molecule has 1 amide bonds. The summed E-state index contributed by atoms with van der Waals surface area (Å²) in [6, 6.07) is 4.00. The Bertz CT molecular complexity index is 720. The highest BCUT2D eigenvalue weighted by Crippen LogP contribution is 2.38. The third-order valence-corrected chi connectivity index (χ3v) is 5.25. The molecule has 2 N–H and O–H groups in total. The van der Waals surface area contributed by atoms with Crippen LogP contribution in [0.3, 0.4) is 0 Å². The summed E-state index contributed by atoms with van der Waals surface area (Å²) in [5.74, 6) is 2.88. The molecule has 1 aromatic carbocycles. The average molecular weight is 436 g/mol. The summed E-state index contributed by atoms with van der Waals surface area (Å²) in [6.45, 7) is 9.40. The van der Waals surface area contributed by atoms with Gasteiger partial charge in [0.05, 0.1) is 21.3 Å². The van der Waals surface area contributed by atoms with Gasteiger partial charge in [0.2, 0.25) is 11.7 Å². The van der Waals surface area contributed by atoms with Crippen LogP contribution in [0.25, 0.3) is 0 Å². The lowest BCUT2D eigenvalue weighted by molar-refractivity contribution is -0.123. The quantitative estimate of drug-likeness (QED) is 0.342. The Labute approximate surface area is 185 Å². The van der Waals surface area contributed by atoms with Crippen molar-refractivity contribution < 1.29 is 19.0 Å². The highest BCUT2D eigenvalue weighted by Gasteiger charge is 2.21. The van der Waals surface area contributed by atoms with Crippen LogP contribution in [-0.4, -0.2) is 89.3 Å². The number of rotatable bonds is 9. The van der Waals surface area contributed by atoms with E-state index in [4.69, 9.17) is 14.2 Å². The van der Waals surface area contributed by atoms with E-state index in [9.17, 15) is 4.79 Å². The molecule has 0 spiro atoms.